The number of amides is 2. The lowest BCUT2D eigenvalue weighted by Gasteiger charge is -2.39. The van der Waals surface area contributed by atoms with Crippen LogP contribution in [0.1, 0.15) is 30.5 Å². The van der Waals surface area contributed by atoms with Gasteiger partial charge in [-0.05, 0) is 29.7 Å². The Morgan fingerprint density at radius 2 is 1.65 bits per heavy atom. The number of carbonyl (C=O) groups is 2. The van der Waals surface area contributed by atoms with Crippen molar-refractivity contribution >= 4 is 11.8 Å². The van der Waals surface area contributed by atoms with Crippen LogP contribution in [0.4, 0.5) is 0 Å². The minimum absolute atomic E-state index is 0.0375. The number of hydrogen-bond donors (Lipinski definition) is 0. The van der Waals surface area contributed by atoms with Gasteiger partial charge in [0, 0.05) is 46.2 Å². The van der Waals surface area contributed by atoms with E-state index in [9.17, 15) is 9.59 Å². The topological polar surface area (TPSA) is 53.1 Å². The number of piperazine rings is 1. The summed E-state index contributed by atoms with van der Waals surface area (Å²) >= 11 is 0. The normalized spacial score (nSPS) is 19.1. The zero-order chi connectivity index (χ0) is 21.6. The first-order valence-electron chi connectivity index (χ1n) is 11.1. The van der Waals surface area contributed by atoms with E-state index in [2.05, 4.69) is 17.0 Å². The molecule has 0 saturated carbocycles. The van der Waals surface area contributed by atoms with Crippen molar-refractivity contribution < 1.29 is 14.3 Å². The van der Waals surface area contributed by atoms with Crippen molar-refractivity contribution in [2.45, 2.75) is 25.8 Å². The van der Waals surface area contributed by atoms with Gasteiger partial charge >= 0.3 is 0 Å². The second-order valence-corrected chi connectivity index (χ2v) is 8.27. The van der Waals surface area contributed by atoms with Crippen molar-refractivity contribution in [3.05, 3.63) is 65.7 Å². The van der Waals surface area contributed by atoms with Gasteiger partial charge in [0.15, 0.2) is 0 Å². The zero-order valence-electron chi connectivity index (χ0n) is 18.2. The molecule has 1 atom stereocenters. The van der Waals surface area contributed by atoms with Crippen LogP contribution < -0.4 is 4.74 Å². The van der Waals surface area contributed by atoms with E-state index in [1.54, 1.807) is 6.92 Å². The third kappa shape index (κ3) is 5.25. The molecule has 0 aromatic heterocycles. The van der Waals surface area contributed by atoms with Gasteiger partial charge in [0.05, 0.1) is 12.5 Å². The van der Waals surface area contributed by atoms with Gasteiger partial charge in [-0.3, -0.25) is 14.5 Å². The van der Waals surface area contributed by atoms with Crippen LogP contribution in [0, 0.1) is 0 Å². The van der Waals surface area contributed by atoms with Gasteiger partial charge in [0.1, 0.15) is 12.4 Å². The van der Waals surface area contributed by atoms with E-state index in [-0.39, 0.29) is 17.9 Å². The highest BCUT2D eigenvalue weighted by Crippen LogP contribution is 2.32. The maximum atomic E-state index is 13.1. The van der Waals surface area contributed by atoms with Crippen LogP contribution in [0.2, 0.25) is 0 Å². The van der Waals surface area contributed by atoms with Crippen molar-refractivity contribution in [3.63, 3.8) is 0 Å². The molecular weight excluding hydrogens is 390 g/mol. The highest BCUT2D eigenvalue weighted by Gasteiger charge is 2.32. The summed E-state index contributed by atoms with van der Waals surface area (Å²) in [6.45, 7) is 6.91. The standard InChI is InChI=1S/C25H31N3O3/c1-20(29)28-12-11-21-7-5-6-10-23(21)24(28)19-25(30)27-15-13-26(14-16-27)17-18-31-22-8-3-2-4-9-22/h2-10,24H,11-19H2,1H3. The molecule has 4 rings (SSSR count). The molecule has 2 amide bonds. The Kier molecular flexibility index (Phi) is 6.87. The second-order valence-electron chi connectivity index (χ2n) is 8.27. The fourth-order valence-corrected chi connectivity index (χ4v) is 4.57. The molecule has 1 unspecified atom stereocenters. The smallest absolute Gasteiger partial charge is 0.225 e. The van der Waals surface area contributed by atoms with Gasteiger partial charge in [-0.15, -0.1) is 0 Å². The van der Waals surface area contributed by atoms with Crippen LogP contribution in [-0.4, -0.2) is 72.4 Å². The maximum Gasteiger partial charge on any atom is 0.225 e. The Bertz CT molecular complexity index is 894. The predicted octanol–water partition coefficient (Wildman–Crippen LogP) is 2.75. The molecule has 0 radical (unpaired) electrons. The summed E-state index contributed by atoms with van der Waals surface area (Å²) in [6, 6.07) is 17.9. The van der Waals surface area contributed by atoms with Crippen LogP contribution >= 0.6 is 0 Å². The molecule has 0 bridgehead atoms. The maximum absolute atomic E-state index is 13.1. The van der Waals surface area contributed by atoms with Crippen LogP contribution in [0.25, 0.3) is 0 Å². The Morgan fingerprint density at radius 1 is 0.935 bits per heavy atom. The summed E-state index contributed by atoms with van der Waals surface area (Å²) in [7, 11) is 0. The minimum atomic E-state index is -0.160. The molecule has 1 saturated heterocycles. The summed E-state index contributed by atoms with van der Waals surface area (Å²) in [6.07, 6.45) is 1.21. The second kappa shape index (κ2) is 9.96. The van der Waals surface area contributed by atoms with E-state index in [4.69, 9.17) is 4.74 Å². The molecule has 2 heterocycles. The summed E-state index contributed by atoms with van der Waals surface area (Å²) in [5.41, 5.74) is 2.37. The van der Waals surface area contributed by atoms with Crippen molar-refractivity contribution in [1.82, 2.24) is 14.7 Å². The van der Waals surface area contributed by atoms with Crippen molar-refractivity contribution in [3.8, 4) is 5.75 Å². The summed E-state index contributed by atoms with van der Waals surface area (Å²) in [5.74, 6) is 1.06. The molecule has 0 spiro atoms. The molecule has 6 nitrogen and oxygen atoms in total. The molecule has 2 aromatic rings. The molecule has 1 fully saturated rings. The van der Waals surface area contributed by atoms with E-state index in [1.165, 1.54) is 5.56 Å². The van der Waals surface area contributed by atoms with Crippen molar-refractivity contribution in [2.75, 3.05) is 45.9 Å². The zero-order valence-corrected chi connectivity index (χ0v) is 18.2. The van der Waals surface area contributed by atoms with E-state index < -0.39 is 0 Å². The molecule has 2 aromatic carbocycles. The number of ether oxygens (including phenoxy) is 1. The molecule has 2 aliphatic rings. The summed E-state index contributed by atoms with van der Waals surface area (Å²) < 4.78 is 5.79. The lowest BCUT2D eigenvalue weighted by molar-refractivity contribution is -0.137. The third-order valence-corrected chi connectivity index (χ3v) is 6.33. The summed E-state index contributed by atoms with van der Waals surface area (Å²) in [4.78, 5) is 31.4. The Balaban J connectivity index is 1.29. The number of nitrogens with zero attached hydrogens (tertiary/aromatic N) is 3. The molecule has 0 N–H and O–H groups in total. The molecule has 6 heteroatoms. The fraction of sp³-hybridized carbons (Fsp3) is 0.440. The van der Waals surface area contributed by atoms with E-state index in [0.717, 1.165) is 50.5 Å². The predicted molar refractivity (Wildman–Crippen MR) is 120 cm³/mol. The Morgan fingerprint density at radius 3 is 2.39 bits per heavy atom. The van der Waals surface area contributed by atoms with Gasteiger partial charge in [-0.25, -0.2) is 0 Å². The van der Waals surface area contributed by atoms with E-state index >= 15 is 0 Å². The lowest BCUT2D eigenvalue weighted by atomic mass is 9.90. The number of rotatable bonds is 6. The minimum Gasteiger partial charge on any atom is -0.492 e. The fourth-order valence-electron chi connectivity index (χ4n) is 4.57. The molecule has 2 aliphatic heterocycles. The van der Waals surface area contributed by atoms with Gasteiger partial charge in [-0.1, -0.05) is 42.5 Å². The monoisotopic (exact) mass is 421 g/mol. The van der Waals surface area contributed by atoms with Gasteiger partial charge in [0.2, 0.25) is 11.8 Å². The van der Waals surface area contributed by atoms with Crippen LogP contribution in [0.5, 0.6) is 5.75 Å². The quantitative estimate of drug-likeness (QED) is 0.720. The highest BCUT2D eigenvalue weighted by atomic mass is 16.5. The van der Waals surface area contributed by atoms with Crippen molar-refractivity contribution in [2.24, 2.45) is 0 Å². The first-order chi connectivity index (χ1) is 15.1. The average molecular weight is 422 g/mol. The molecular formula is C25H31N3O3. The first kappa shape index (κ1) is 21.4. The van der Waals surface area contributed by atoms with Crippen molar-refractivity contribution in [1.29, 1.82) is 0 Å². The number of hydrogen-bond acceptors (Lipinski definition) is 4. The molecule has 0 aliphatic carbocycles. The summed E-state index contributed by atoms with van der Waals surface area (Å²) in [5, 5.41) is 0. The first-order valence-corrected chi connectivity index (χ1v) is 11.1. The van der Waals surface area contributed by atoms with Gasteiger partial charge in [0.25, 0.3) is 0 Å². The van der Waals surface area contributed by atoms with Crippen LogP contribution in [-0.2, 0) is 16.0 Å². The number of carbonyl (C=O) groups excluding carboxylic acids is 2. The van der Waals surface area contributed by atoms with Crippen LogP contribution in [0.15, 0.2) is 54.6 Å². The largest absolute Gasteiger partial charge is 0.492 e. The van der Waals surface area contributed by atoms with Gasteiger partial charge in [-0.2, -0.15) is 0 Å². The Hall–Kier alpha value is -2.86. The van der Waals surface area contributed by atoms with Crippen LogP contribution in [0.3, 0.4) is 0 Å². The molecule has 164 valence electrons. The highest BCUT2D eigenvalue weighted by molar-refractivity contribution is 5.80. The van der Waals surface area contributed by atoms with E-state index in [1.807, 2.05) is 52.3 Å². The molecule has 31 heavy (non-hydrogen) atoms. The van der Waals surface area contributed by atoms with E-state index in [0.29, 0.717) is 19.6 Å². The third-order valence-electron chi connectivity index (χ3n) is 6.33. The number of para-hydroxylation sites is 1. The average Bonchev–Trinajstić information content (AvgIpc) is 2.80. The lowest BCUT2D eigenvalue weighted by Crippen LogP contribution is -2.50. The SMILES string of the molecule is CC(=O)N1CCc2ccccc2C1CC(=O)N1CCN(CCOc2ccccc2)CC1. The Labute approximate surface area is 184 Å². The number of fused-ring (bicyclic) bond motifs is 1. The number of benzene rings is 2. The van der Waals surface area contributed by atoms with Gasteiger partial charge < -0.3 is 14.5 Å².